The highest BCUT2D eigenvalue weighted by Gasteiger charge is 2.23. The maximum atomic E-state index is 12.7. The molecule has 0 bridgehead atoms. The van der Waals surface area contributed by atoms with Crippen molar-refractivity contribution in [3.8, 4) is 24.7 Å². The van der Waals surface area contributed by atoms with Crippen LogP contribution in [0.2, 0.25) is 0 Å². The maximum absolute atomic E-state index is 12.7. The summed E-state index contributed by atoms with van der Waals surface area (Å²) in [5, 5.41) is 8.84. The monoisotopic (exact) mass is 475 g/mol. The second-order valence-electron chi connectivity index (χ2n) is 7.79. The summed E-state index contributed by atoms with van der Waals surface area (Å²) in [5.74, 6) is 1.02. The number of hydrogen-bond donors (Lipinski definition) is 1. The summed E-state index contributed by atoms with van der Waals surface area (Å²) in [6.07, 6.45) is 13.4. The second kappa shape index (κ2) is 18.8. The van der Waals surface area contributed by atoms with Gasteiger partial charge in [-0.2, -0.15) is 5.26 Å². The largest absolute Gasteiger partial charge is 0.497 e. The van der Waals surface area contributed by atoms with Gasteiger partial charge in [-0.25, -0.2) is 0 Å². The first-order valence-corrected chi connectivity index (χ1v) is 12.1. The minimum Gasteiger partial charge on any atom is -0.497 e. The maximum Gasteiger partial charge on any atom is 0.249 e. The van der Waals surface area contributed by atoms with Crippen LogP contribution in [-0.2, 0) is 11.2 Å². The number of piperidine rings is 1. The van der Waals surface area contributed by atoms with Gasteiger partial charge in [-0.05, 0) is 56.0 Å². The number of benzene rings is 2. The molecule has 1 unspecified atom stereocenters. The highest BCUT2D eigenvalue weighted by atomic mass is 16.5. The first kappa shape index (κ1) is 31.5. The van der Waals surface area contributed by atoms with Crippen LogP contribution in [0.25, 0.3) is 0 Å². The molecular formula is C30H41N3O2. The van der Waals surface area contributed by atoms with E-state index >= 15 is 0 Å². The predicted molar refractivity (Wildman–Crippen MR) is 146 cm³/mol. The van der Waals surface area contributed by atoms with Crippen LogP contribution < -0.4 is 10.5 Å². The zero-order chi connectivity index (χ0) is 26.6. The second-order valence-corrected chi connectivity index (χ2v) is 7.79. The van der Waals surface area contributed by atoms with Crippen molar-refractivity contribution < 1.29 is 9.53 Å². The number of allylic oxidation sites excluding steroid dienone is 1. The van der Waals surface area contributed by atoms with Crippen molar-refractivity contribution in [3.63, 3.8) is 0 Å². The highest BCUT2D eigenvalue weighted by molar-refractivity contribution is 5.94. The van der Waals surface area contributed by atoms with E-state index in [2.05, 4.69) is 25.8 Å². The van der Waals surface area contributed by atoms with E-state index in [1.54, 1.807) is 19.2 Å². The Hall–Kier alpha value is -3.54. The topological polar surface area (TPSA) is 79.4 Å². The Morgan fingerprint density at radius 3 is 2.26 bits per heavy atom. The Morgan fingerprint density at radius 1 is 1.17 bits per heavy atom. The van der Waals surface area contributed by atoms with Crippen LogP contribution in [-0.4, -0.2) is 37.0 Å². The average Bonchev–Trinajstić information content (AvgIpc) is 2.91. The molecule has 5 nitrogen and oxygen atoms in total. The van der Waals surface area contributed by atoms with Gasteiger partial charge in [-0.15, -0.1) is 12.8 Å². The van der Waals surface area contributed by atoms with Gasteiger partial charge in [0.1, 0.15) is 5.75 Å². The molecule has 0 aliphatic carbocycles. The van der Waals surface area contributed by atoms with E-state index in [0.717, 1.165) is 42.7 Å². The first-order chi connectivity index (χ1) is 17.0. The van der Waals surface area contributed by atoms with Gasteiger partial charge < -0.3 is 15.4 Å². The van der Waals surface area contributed by atoms with E-state index in [0.29, 0.717) is 18.5 Å². The molecule has 2 aromatic carbocycles. The first-order valence-electron chi connectivity index (χ1n) is 12.1. The molecule has 1 amide bonds. The molecule has 5 heteroatoms. The molecule has 188 valence electrons. The van der Waals surface area contributed by atoms with Crippen LogP contribution in [0.4, 0.5) is 0 Å². The number of nitrogens with two attached hydrogens (primary N) is 1. The third-order valence-corrected chi connectivity index (χ3v) is 5.20. The zero-order valence-corrected chi connectivity index (χ0v) is 22.0. The van der Waals surface area contributed by atoms with Gasteiger partial charge >= 0.3 is 0 Å². The molecule has 1 fully saturated rings. The lowest BCUT2D eigenvalue weighted by Gasteiger charge is -2.31. The number of amides is 1. The number of terminal acetylenes is 1. The number of hydrogen-bond acceptors (Lipinski definition) is 4. The lowest BCUT2D eigenvalue weighted by Crippen LogP contribution is -2.46. The fourth-order valence-electron chi connectivity index (χ4n) is 3.47. The van der Waals surface area contributed by atoms with Crippen molar-refractivity contribution in [2.45, 2.75) is 59.4 Å². The molecule has 1 heterocycles. The Kier molecular flexibility index (Phi) is 16.9. The molecule has 0 spiro atoms. The Bertz CT molecular complexity index is 938. The lowest BCUT2D eigenvalue weighted by molar-refractivity contribution is -0.128. The number of likely N-dealkylation sites (tertiary alicyclic amines) is 1. The van der Waals surface area contributed by atoms with E-state index in [1.807, 2.05) is 68.1 Å². The van der Waals surface area contributed by atoms with E-state index in [4.69, 9.17) is 15.7 Å². The SMILES string of the molecule is C#C.CC.CC/C=C(\Cc1ccc(C#N)cc1)C(=O)N1CCCC(N)C1.COc1ccc(C)cc1. The summed E-state index contributed by atoms with van der Waals surface area (Å²) in [6.45, 7) is 9.53. The minimum atomic E-state index is 0.0930. The van der Waals surface area contributed by atoms with Crippen LogP contribution in [0.15, 0.2) is 60.2 Å². The number of nitrogens with zero attached hydrogens (tertiary/aromatic N) is 2. The van der Waals surface area contributed by atoms with Gasteiger partial charge in [0.05, 0.1) is 18.7 Å². The summed E-state index contributed by atoms with van der Waals surface area (Å²) in [5.41, 5.74) is 9.74. The molecule has 0 radical (unpaired) electrons. The molecule has 1 aliphatic rings. The molecule has 2 N–H and O–H groups in total. The van der Waals surface area contributed by atoms with Crippen molar-refractivity contribution in [1.82, 2.24) is 4.90 Å². The Balaban J connectivity index is 0.000000740. The van der Waals surface area contributed by atoms with Crippen LogP contribution in [0.3, 0.4) is 0 Å². The number of nitriles is 1. The number of methoxy groups -OCH3 is 1. The molecule has 1 saturated heterocycles. The normalized spacial score (nSPS) is 14.4. The third kappa shape index (κ3) is 11.9. The van der Waals surface area contributed by atoms with E-state index in [9.17, 15) is 4.79 Å². The molecule has 1 aliphatic heterocycles. The average molecular weight is 476 g/mol. The number of carbonyl (C=O) groups is 1. The van der Waals surface area contributed by atoms with Crippen molar-refractivity contribution in [2.24, 2.45) is 5.73 Å². The molecule has 2 aromatic rings. The smallest absolute Gasteiger partial charge is 0.249 e. The zero-order valence-electron chi connectivity index (χ0n) is 22.0. The Morgan fingerprint density at radius 2 is 1.77 bits per heavy atom. The number of ether oxygens (including phenoxy) is 1. The summed E-state index contributed by atoms with van der Waals surface area (Å²) in [6, 6.07) is 17.6. The lowest BCUT2D eigenvalue weighted by atomic mass is 10.00. The third-order valence-electron chi connectivity index (χ3n) is 5.20. The molecule has 35 heavy (non-hydrogen) atoms. The van der Waals surface area contributed by atoms with Crippen LogP contribution in [0.1, 0.15) is 56.7 Å². The summed E-state index contributed by atoms with van der Waals surface area (Å²) < 4.78 is 4.97. The molecule has 0 saturated carbocycles. The van der Waals surface area contributed by atoms with Crippen LogP contribution >= 0.6 is 0 Å². The van der Waals surface area contributed by atoms with E-state index in [1.165, 1.54) is 5.56 Å². The predicted octanol–water partition coefficient (Wildman–Crippen LogP) is 5.67. The van der Waals surface area contributed by atoms with Gasteiger partial charge in [0.2, 0.25) is 5.91 Å². The van der Waals surface area contributed by atoms with Gasteiger partial charge in [0.15, 0.2) is 0 Å². The Labute approximate surface area is 212 Å². The van der Waals surface area contributed by atoms with Crippen molar-refractivity contribution >= 4 is 5.91 Å². The van der Waals surface area contributed by atoms with Crippen molar-refractivity contribution in [3.05, 3.63) is 76.9 Å². The molecule has 0 aromatic heterocycles. The molecular weight excluding hydrogens is 434 g/mol. The fourth-order valence-corrected chi connectivity index (χ4v) is 3.47. The number of carbonyl (C=O) groups excluding carboxylic acids is 1. The summed E-state index contributed by atoms with van der Waals surface area (Å²) in [4.78, 5) is 14.6. The summed E-state index contributed by atoms with van der Waals surface area (Å²) >= 11 is 0. The van der Waals surface area contributed by atoms with Gasteiger partial charge in [0, 0.05) is 31.1 Å². The quantitative estimate of drug-likeness (QED) is 0.447. The highest BCUT2D eigenvalue weighted by Crippen LogP contribution is 2.17. The van der Waals surface area contributed by atoms with Gasteiger partial charge in [-0.1, -0.05) is 56.7 Å². The fraction of sp³-hybridized carbons (Fsp3) is 0.400. The van der Waals surface area contributed by atoms with Crippen molar-refractivity contribution in [2.75, 3.05) is 20.2 Å². The number of aryl methyl sites for hydroxylation is 1. The minimum absolute atomic E-state index is 0.0930. The van der Waals surface area contributed by atoms with Crippen LogP contribution in [0.5, 0.6) is 5.75 Å². The van der Waals surface area contributed by atoms with Crippen LogP contribution in [0, 0.1) is 31.1 Å². The van der Waals surface area contributed by atoms with E-state index < -0.39 is 0 Å². The van der Waals surface area contributed by atoms with Gasteiger partial charge in [-0.3, -0.25) is 4.79 Å². The van der Waals surface area contributed by atoms with Crippen molar-refractivity contribution in [1.29, 1.82) is 5.26 Å². The number of rotatable bonds is 5. The van der Waals surface area contributed by atoms with E-state index in [-0.39, 0.29) is 11.9 Å². The summed E-state index contributed by atoms with van der Waals surface area (Å²) in [7, 11) is 1.67. The van der Waals surface area contributed by atoms with Gasteiger partial charge in [0.25, 0.3) is 0 Å². The standard InChI is InChI=1S/C18H23N3O.C8H10O.C2H6.C2H2/c1-2-4-16(11-14-6-8-15(12-19)9-7-14)18(22)21-10-3-5-17(20)13-21;1-7-3-5-8(9-2)6-4-7;2*1-2/h4,6-9,17H,2-3,5,10-11,13,20H2,1H3;3-6H,1-2H3;1-2H3;1-2H/b16-4+;;;. The molecule has 1 atom stereocenters. The molecule has 3 rings (SSSR count).